The standard InChI is InChI=1S/C9H7BrF3N/c10-14-7-4-2-1-3-6(7)5-8(14)9(11,12)13/h1-4,8H,5H2. The van der Waals surface area contributed by atoms with Crippen molar-refractivity contribution < 1.29 is 13.2 Å². The Labute approximate surface area is 87.9 Å². The van der Waals surface area contributed by atoms with E-state index >= 15 is 0 Å². The predicted molar refractivity (Wildman–Crippen MR) is 51.4 cm³/mol. The van der Waals surface area contributed by atoms with Gasteiger partial charge in [0.25, 0.3) is 0 Å². The molecule has 0 saturated carbocycles. The second-order valence-electron chi connectivity index (χ2n) is 3.20. The molecule has 0 bridgehead atoms. The van der Waals surface area contributed by atoms with E-state index in [1.807, 2.05) is 0 Å². The first-order valence-corrected chi connectivity index (χ1v) is 4.80. The summed E-state index contributed by atoms with van der Waals surface area (Å²) in [5.74, 6) is 0. The molecule has 0 N–H and O–H groups in total. The van der Waals surface area contributed by atoms with E-state index in [0.717, 1.165) is 9.49 Å². The molecular formula is C9H7BrF3N. The highest BCUT2D eigenvalue weighted by Crippen LogP contribution is 2.41. The Bertz CT molecular complexity index is 350. The average Bonchev–Trinajstić information content (AvgIpc) is 2.44. The van der Waals surface area contributed by atoms with E-state index in [1.54, 1.807) is 24.3 Å². The number of rotatable bonds is 0. The Kier molecular flexibility index (Phi) is 2.21. The van der Waals surface area contributed by atoms with E-state index in [2.05, 4.69) is 16.1 Å². The number of hydrogen-bond acceptors (Lipinski definition) is 1. The molecule has 14 heavy (non-hydrogen) atoms. The van der Waals surface area contributed by atoms with Gasteiger partial charge in [0.05, 0.1) is 21.8 Å². The monoisotopic (exact) mass is 265 g/mol. The summed E-state index contributed by atoms with van der Waals surface area (Å²) < 4.78 is 38.6. The lowest BCUT2D eigenvalue weighted by atomic mass is 10.1. The van der Waals surface area contributed by atoms with E-state index in [1.165, 1.54) is 0 Å². The Morgan fingerprint density at radius 2 is 1.93 bits per heavy atom. The third kappa shape index (κ3) is 1.49. The summed E-state index contributed by atoms with van der Waals surface area (Å²) in [4.78, 5) is 0. The first-order chi connectivity index (χ1) is 6.50. The molecule has 0 amide bonds. The summed E-state index contributed by atoms with van der Waals surface area (Å²) in [6.07, 6.45) is -4.17. The van der Waals surface area contributed by atoms with Crippen LogP contribution in [0.2, 0.25) is 0 Å². The average molecular weight is 266 g/mol. The molecule has 0 radical (unpaired) electrons. The second kappa shape index (κ2) is 3.15. The highest BCUT2D eigenvalue weighted by molar-refractivity contribution is 9.10. The minimum atomic E-state index is -4.19. The first kappa shape index (κ1) is 9.83. The van der Waals surface area contributed by atoms with Gasteiger partial charge >= 0.3 is 6.18 Å². The van der Waals surface area contributed by atoms with E-state index in [9.17, 15) is 13.2 Å². The first-order valence-electron chi connectivity index (χ1n) is 4.10. The van der Waals surface area contributed by atoms with Gasteiger partial charge in [-0.3, -0.25) is 3.93 Å². The number of hydrogen-bond donors (Lipinski definition) is 0. The Morgan fingerprint density at radius 3 is 2.50 bits per heavy atom. The lowest BCUT2D eigenvalue weighted by molar-refractivity contribution is -0.143. The van der Waals surface area contributed by atoms with Crippen molar-refractivity contribution in [2.24, 2.45) is 0 Å². The van der Waals surface area contributed by atoms with Gasteiger partial charge in [-0.15, -0.1) is 0 Å². The number of benzene rings is 1. The van der Waals surface area contributed by atoms with Crippen molar-refractivity contribution in [1.82, 2.24) is 0 Å². The molecule has 0 aliphatic carbocycles. The molecule has 0 fully saturated rings. The summed E-state index contributed by atoms with van der Waals surface area (Å²) in [6.45, 7) is 0. The number of nitrogens with zero attached hydrogens (tertiary/aromatic N) is 1. The van der Waals surface area contributed by atoms with Gasteiger partial charge in [-0.25, -0.2) is 0 Å². The molecule has 0 aromatic heterocycles. The van der Waals surface area contributed by atoms with Crippen LogP contribution < -0.4 is 3.93 Å². The maximum absolute atomic E-state index is 12.5. The van der Waals surface area contributed by atoms with Crippen molar-refractivity contribution in [3.8, 4) is 0 Å². The quantitative estimate of drug-likeness (QED) is 0.651. The van der Waals surface area contributed by atoms with Crippen LogP contribution in [0.3, 0.4) is 0 Å². The lowest BCUT2D eigenvalue weighted by Crippen LogP contribution is -2.38. The SMILES string of the molecule is FC(F)(F)C1Cc2ccccc2N1Br. The number of anilines is 1. The van der Waals surface area contributed by atoms with E-state index in [4.69, 9.17) is 0 Å². The van der Waals surface area contributed by atoms with Crippen LogP contribution in [0.1, 0.15) is 5.56 Å². The summed E-state index contributed by atoms with van der Waals surface area (Å²) in [6, 6.07) is 5.43. The van der Waals surface area contributed by atoms with Gasteiger partial charge in [0, 0.05) is 6.42 Å². The highest BCUT2D eigenvalue weighted by atomic mass is 79.9. The van der Waals surface area contributed by atoms with Crippen LogP contribution in [0, 0.1) is 0 Å². The van der Waals surface area contributed by atoms with Crippen LogP contribution >= 0.6 is 16.1 Å². The highest BCUT2D eigenvalue weighted by Gasteiger charge is 2.47. The Hall–Kier alpha value is -0.710. The van der Waals surface area contributed by atoms with Gasteiger partial charge in [-0.05, 0) is 11.6 Å². The number of fused-ring (bicyclic) bond motifs is 1. The molecule has 76 valence electrons. The summed E-state index contributed by atoms with van der Waals surface area (Å²) in [5.41, 5.74) is 1.33. The third-order valence-corrected chi connectivity index (χ3v) is 3.16. The van der Waals surface area contributed by atoms with Crippen LogP contribution in [-0.4, -0.2) is 12.2 Å². The molecule has 5 heteroatoms. The summed E-state index contributed by atoms with van der Waals surface area (Å²) in [7, 11) is 0. The zero-order valence-electron chi connectivity index (χ0n) is 7.05. The number of halogens is 4. The molecule has 1 atom stereocenters. The molecule has 2 rings (SSSR count). The lowest BCUT2D eigenvalue weighted by Gasteiger charge is -2.22. The van der Waals surface area contributed by atoms with Crippen LogP contribution in [0.15, 0.2) is 24.3 Å². The fourth-order valence-electron chi connectivity index (χ4n) is 1.59. The molecular weight excluding hydrogens is 259 g/mol. The Balaban J connectivity index is 2.35. The van der Waals surface area contributed by atoms with Gasteiger partial charge < -0.3 is 0 Å². The van der Waals surface area contributed by atoms with Crippen molar-refractivity contribution in [2.45, 2.75) is 18.6 Å². The van der Waals surface area contributed by atoms with Gasteiger partial charge in [0.1, 0.15) is 6.04 Å². The number of alkyl halides is 3. The minimum absolute atomic E-state index is 0.0188. The van der Waals surface area contributed by atoms with Crippen LogP contribution in [0.5, 0.6) is 0 Å². The molecule has 1 aromatic rings. The van der Waals surface area contributed by atoms with Gasteiger partial charge in [-0.1, -0.05) is 18.2 Å². The van der Waals surface area contributed by atoms with E-state index in [-0.39, 0.29) is 6.42 Å². The van der Waals surface area contributed by atoms with Crippen LogP contribution in [0.4, 0.5) is 18.9 Å². The van der Waals surface area contributed by atoms with Crippen molar-refractivity contribution in [3.05, 3.63) is 29.8 Å². The zero-order chi connectivity index (χ0) is 10.3. The Morgan fingerprint density at radius 1 is 1.29 bits per heavy atom. The smallest absolute Gasteiger partial charge is 0.296 e. The predicted octanol–water partition coefficient (Wildman–Crippen LogP) is 3.29. The summed E-state index contributed by atoms with van der Waals surface area (Å²) >= 11 is 2.95. The molecule has 1 heterocycles. The topological polar surface area (TPSA) is 3.24 Å². The summed E-state index contributed by atoms with van der Waals surface area (Å²) in [5, 5.41) is 0. The maximum Gasteiger partial charge on any atom is 0.410 e. The molecule has 1 aliphatic rings. The van der Waals surface area contributed by atoms with E-state index in [0.29, 0.717) is 5.69 Å². The minimum Gasteiger partial charge on any atom is -0.296 e. The van der Waals surface area contributed by atoms with Gasteiger partial charge in [-0.2, -0.15) is 13.2 Å². The molecule has 0 spiro atoms. The molecule has 1 nitrogen and oxygen atoms in total. The van der Waals surface area contributed by atoms with Gasteiger partial charge in [0.2, 0.25) is 0 Å². The van der Waals surface area contributed by atoms with Crippen molar-refractivity contribution in [1.29, 1.82) is 0 Å². The van der Waals surface area contributed by atoms with Crippen molar-refractivity contribution >= 4 is 21.8 Å². The zero-order valence-corrected chi connectivity index (χ0v) is 8.64. The van der Waals surface area contributed by atoms with Gasteiger partial charge in [0.15, 0.2) is 0 Å². The van der Waals surface area contributed by atoms with Crippen LogP contribution in [-0.2, 0) is 6.42 Å². The normalized spacial score (nSPS) is 21.1. The maximum atomic E-state index is 12.5. The van der Waals surface area contributed by atoms with E-state index < -0.39 is 12.2 Å². The molecule has 1 aromatic carbocycles. The fourth-order valence-corrected chi connectivity index (χ4v) is 2.32. The number of para-hydroxylation sites is 1. The third-order valence-electron chi connectivity index (χ3n) is 2.29. The second-order valence-corrected chi connectivity index (χ2v) is 3.97. The molecule has 0 saturated heterocycles. The molecule has 1 aliphatic heterocycles. The van der Waals surface area contributed by atoms with Crippen LogP contribution in [0.25, 0.3) is 0 Å². The molecule has 1 unspecified atom stereocenters. The fraction of sp³-hybridized carbons (Fsp3) is 0.333. The largest absolute Gasteiger partial charge is 0.410 e. The van der Waals surface area contributed by atoms with Crippen molar-refractivity contribution in [3.63, 3.8) is 0 Å². The van der Waals surface area contributed by atoms with Crippen molar-refractivity contribution in [2.75, 3.05) is 3.93 Å².